The summed E-state index contributed by atoms with van der Waals surface area (Å²) in [6.07, 6.45) is 8.24. The number of likely N-dealkylation sites (tertiary alicyclic amines) is 1. The van der Waals surface area contributed by atoms with E-state index in [0.717, 1.165) is 38.0 Å². The van der Waals surface area contributed by atoms with Gasteiger partial charge in [0.15, 0.2) is 0 Å². The molecule has 27 heavy (non-hydrogen) atoms. The van der Waals surface area contributed by atoms with Gasteiger partial charge in [-0.3, -0.25) is 24.6 Å². The Labute approximate surface area is 158 Å². The lowest BCUT2D eigenvalue weighted by Crippen LogP contribution is -2.52. The van der Waals surface area contributed by atoms with Crippen LogP contribution in [0.1, 0.15) is 47.2 Å². The molecule has 1 unspecified atom stereocenters. The summed E-state index contributed by atoms with van der Waals surface area (Å²) in [7, 11) is 0. The van der Waals surface area contributed by atoms with E-state index in [4.69, 9.17) is 6.42 Å². The van der Waals surface area contributed by atoms with E-state index in [1.165, 1.54) is 5.56 Å². The molecule has 4 rings (SSSR count). The van der Waals surface area contributed by atoms with Crippen molar-refractivity contribution in [2.45, 2.75) is 44.8 Å². The molecule has 6 nitrogen and oxygen atoms in total. The van der Waals surface area contributed by atoms with Gasteiger partial charge in [0.2, 0.25) is 11.8 Å². The van der Waals surface area contributed by atoms with Crippen LogP contribution in [0.25, 0.3) is 0 Å². The van der Waals surface area contributed by atoms with Crippen LogP contribution in [0, 0.1) is 18.3 Å². The smallest absolute Gasteiger partial charge is 0.255 e. The van der Waals surface area contributed by atoms with Crippen LogP contribution in [-0.4, -0.2) is 46.7 Å². The first-order chi connectivity index (χ1) is 13.0. The molecule has 140 valence electrons. The van der Waals surface area contributed by atoms with Crippen LogP contribution < -0.4 is 5.32 Å². The van der Waals surface area contributed by atoms with Crippen molar-refractivity contribution in [2.75, 3.05) is 13.1 Å². The number of nitrogens with one attached hydrogen (secondary N) is 1. The first kappa shape index (κ1) is 17.7. The molecule has 0 aromatic heterocycles. The molecule has 3 heterocycles. The fourth-order valence-electron chi connectivity index (χ4n) is 4.24. The van der Waals surface area contributed by atoms with E-state index in [-0.39, 0.29) is 24.1 Å². The van der Waals surface area contributed by atoms with Crippen molar-refractivity contribution in [1.29, 1.82) is 0 Å². The molecule has 0 spiro atoms. The number of piperidine rings is 2. The Hall–Kier alpha value is -2.65. The summed E-state index contributed by atoms with van der Waals surface area (Å²) in [5.74, 6) is 2.47. The molecular formula is C21H23N3O3. The Kier molecular flexibility index (Phi) is 4.71. The van der Waals surface area contributed by atoms with Gasteiger partial charge in [-0.15, -0.1) is 12.3 Å². The van der Waals surface area contributed by atoms with Crippen molar-refractivity contribution >= 4 is 17.7 Å². The maximum Gasteiger partial charge on any atom is 0.255 e. The molecule has 3 aliphatic heterocycles. The maximum absolute atomic E-state index is 12.7. The number of rotatable bonds is 3. The summed E-state index contributed by atoms with van der Waals surface area (Å²) in [4.78, 5) is 40.2. The highest BCUT2D eigenvalue weighted by atomic mass is 16.2. The number of carbonyl (C=O) groups is 3. The average molecular weight is 365 g/mol. The third-order valence-electron chi connectivity index (χ3n) is 5.82. The normalized spacial score (nSPS) is 23.9. The Morgan fingerprint density at radius 1 is 1.15 bits per heavy atom. The summed E-state index contributed by atoms with van der Waals surface area (Å²) >= 11 is 0. The molecule has 1 aromatic carbocycles. The highest BCUT2D eigenvalue weighted by Crippen LogP contribution is 2.29. The molecule has 3 amide bonds. The van der Waals surface area contributed by atoms with Crippen molar-refractivity contribution in [1.82, 2.24) is 15.1 Å². The van der Waals surface area contributed by atoms with Gasteiger partial charge >= 0.3 is 0 Å². The molecule has 3 aliphatic rings. The predicted molar refractivity (Wildman–Crippen MR) is 99.3 cm³/mol. The van der Waals surface area contributed by atoms with Gasteiger partial charge in [-0.1, -0.05) is 12.1 Å². The van der Waals surface area contributed by atoms with Crippen LogP contribution in [0.2, 0.25) is 0 Å². The minimum atomic E-state index is -0.561. The first-order valence-electron chi connectivity index (χ1n) is 9.50. The number of terminal acetylenes is 1. The number of carbonyl (C=O) groups excluding carboxylic acids is 3. The van der Waals surface area contributed by atoms with E-state index in [1.807, 2.05) is 12.1 Å². The van der Waals surface area contributed by atoms with Gasteiger partial charge in [-0.25, -0.2) is 0 Å². The SMILES string of the molecule is C#CC1CCN(Cc2ccc3c(c2)CN(C2CCC(=O)NC2=O)C3=O)CC1. The Morgan fingerprint density at radius 2 is 1.93 bits per heavy atom. The van der Waals surface area contributed by atoms with Crippen LogP contribution >= 0.6 is 0 Å². The Balaban J connectivity index is 1.44. The monoisotopic (exact) mass is 365 g/mol. The van der Waals surface area contributed by atoms with Gasteiger partial charge in [-0.2, -0.15) is 0 Å². The van der Waals surface area contributed by atoms with Crippen molar-refractivity contribution < 1.29 is 14.4 Å². The van der Waals surface area contributed by atoms with Crippen LogP contribution in [0.5, 0.6) is 0 Å². The van der Waals surface area contributed by atoms with E-state index >= 15 is 0 Å². The van der Waals surface area contributed by atoms with Crippen molar-refractivity contribution in [3.05, 3.63) is 34.9 Å². The van der Waals surface area contributed by atoms with Gasteiger partial charge in [0.1, 0.15) is 6.04 Å². The van der Waals surface area contributed by atoms with Crippen molar-refractivity contribution in [2.24, 2.45) is 5.92 Å². The second-order valence-electron chi connectivity index (χ2n) is 7.61. The van der Waals surface area contributed by atoms with Crippen LogP contribution in [0.3, 0.4) is 0 Å². The molecule has 2 saturated heterocycles. The lowest BCUT2D eigenvalue weighted by molar-refractivity contribution is -0.136. The quantitative estimate of drug-likeness (QED) is 0.647. The molecule has 6 heteroatoms. The summed E-state index contributed by atoms with van der Waals surface area (Å²) in [6, 6.07) is 5.38. The van der Waals surface area contributed by atoms with E-state index < -0.39 is 6.04 Å². The molecule has 2 fully saturated rings. The van der Waals surface area contributed by atoms with Crippen LogP contribution in [0.4, 0.5) is 0 Å². The topological polar surface area (TPSA) is 69.7 Å². The summed E-state index contributed by atoms with van der Waals surface area (Å²) in [5, 5.41) is 2.34. The minimum Gasteiger partial charge on any atom is -0.322 e. The standard InChI is InChI=1S/C21H23N3O3/c1-2-14-7-9-23(10-8-14)12-15-3-4-17-16(11-15)13-24(21(17)27)18-5-6-19(25)22-20(18)26/h1,3-4,11,14,18H,5-10,12-13H2,(H,22,25,26). The number of imide groups is 1. The van der Waals surface area contributed by atoms with E-state index in [9.17, 15) is 14.4 Å². The Bertz CT molecular complexity index is 834. The first-order valence-corrected chi connectivity index (χ1v) is 9.50. The van der Waals surface area contributed by atoms with Gasteiger partial charge < -0.3 is 4.90 Å². The third kappa shape index (κ3) is 3.47. The zero-order chi connectivity index (χ0) is 19.0. The summed E-state index contributed by atoms with van der Waals surface area (Å²) in [5.41, 5.74) is 2.79. The molecule has 1 aromatic rings. The molecule has 1 N–H and O–H groups in total. The van der Waals surface area contributed by atoms with Crippen LogP contribution in [-0.2, 0) is 22.7 Å². The lowest BCUT2D eigenvalue weighted by Gasteiger charge is -2.29. The molecular weight excluding hydrogens is 342 g/mol. The highest BCUT2D eigenvalue weighted by molar-refractivity contribution is 6.05. The summed E-state index contributed by atoms with van der Waals surface area (Å²) in [6.45, 7) is 3.26. The summed E-state index contributed by atoms with van der Waals surface area (Å²) < 4.78 is 0. The van der Waals surface area contributed by atoms with Crippen molar-refractivity contribution in [3.63, 3.8) is 0 Å². The molecule has 0 radical (unpaired) electrons. The predicted octanol–water partition coefficient (Wildman–Crippen LogP) is 1.29. The third-order valence-corrected chi connectivity index (χ3v) is 5.82. The number of hydrogen-bond acceptors (Lipinski definition) is 4. The minimum absolute atomic E-state index is 0.124. The zero-order valence-electron chi connectivity index (χ0n) is 15.2. The van der Waals surface area contributed by atoms with E-state index in [0.29, 0.717) is 24.4 Å². The average Bonchev–Trinajstić information content (AvgIpc) is 2.98. The molecule has 0 aliphatic carbocycles. The Morgan fingerprint density at radius 3 is 2.63 bits per heavy atom. The number of fused-ring (bicyclic) bond motifs is 1. The van der Waals surface area contributed by atoms with Gasteiger partial charge in [0, 0.05) is 31.0 Å². The van der Waals surface area contributed by atoms with Gasteiger partial charge in [-0.05, 0) is 49.5 Å². The van der Waals surface area contributed by atoms with E-state index in [1.54, 1.807) is 4.90 Å². The second kappa shape index (κ2) is 7.16. The number of nitrogens with zero attached hydrogens (tertiary/aromatic N) is 2. The lowest BCUT2D eigenvalue weighted by atomic mass is 9.97. The highest BCUT2D eigenvalue weighted by Gasteiger charge is 2.39. The molecule has 1 atom stereocenters. The zero-order valence-corrected chi connectivity index (χ0v) is 15.2. The molecule has 0 bridgehead atoms. The van der Waals surface area contributed by atoms with Gasteiger partial charge in [0.25, 0.3) is 5.91 Å². The van der Waals surface area contributed by atoms with Crippen LogP contribution in [0.15, 0.2) is 18.2 Å². The largest absolute Gasteiger partial charge is 0.322 e. The van der Waals surface area contributed by atoms with E-state index in [2.05, 4.69) is 22.2 Å². The number of benzene rings is 1. The molecule has 0 saturated carbocycles. The fraction of sp³-hybridized carbons (Fsp3) is 0.476. The van der Waals surface area contributed by atoms with Crippen molar-refractivity contribution in [3.8, 4) is 12.3 Å². The second-order valence-corrected chi connectivity index (χ2v) is 7.61. The number of amides is 3. The van der Waals surface area contributed by atoms with Gasteiger partial charge in [0.05, 0.1) is 0 Å². The number of hydrogen-bond donors (Lipinski definition) is 1. The maximum atomic E-state index is 12.7. The fourth-order valence-corrected chi connectivity index (χ4v) is 4.24.